The van der Waals surface area contributed by atoms with Crippen molar-refractivity contribution < 1.29 is 9.53 Å². The fraction of sp³-hybridized carbons (Fsp3) is 0.588. The normalized spacial score (nSPS) is 21.0. The molecule has 0 atom stereocenters. The minimum atomic E-state index is 0.177. The molecule has 0 unspecified atom stereocenters. The Morgan fingerprint density at radius 3 is 2.50 bits per heavy atom. The second-order valence-electron chi connectivity index (χ2n) is 5.87. The van der Waals surface area contributed by atoms with Gasteiger partial charge in [0.15, 0.2) is 0 Å². The first-order valence-electron chi connectivity index (χ1n) is 8.03. The van der Waals surface area contributed by atoms with E-state index in [4.69, 9.17) is 4.74 Å². The number of carbonyl (C=O) groups excluding carboxylic acids is 1. The average molecular weight is 320 g/mol. The monoisotopic (exact) mass is 320 g/mol. The lowest BCUT2D eigenvalue weighted by molar-refractivity contribution is 0.0136. The van der Waals surface area contributed by atoms with Crippen molar-refractivity contribution in [2.24, 2.45) is 0 Å². The molecule has 4 nitrogen and oxygen atoms in total. The van der Waals surface area contributed by atoms with Crippen LogP contribution in [0.1, 0.15) is 23.2 Å². The van der Waals surface area contributed by atoms with Crippen LogP contribution in [0.15, 0.2) is 29.2 Å². The first-order chi connectivity index (χ1) is 10.8. The Morgan fingerprint density at radius 2 is 1.82 bits per heavy atom. The van der Waals surface area contributed by atoms with Crippen molar-refractivity contribution in [3.05, 3.63) is 29.8 Å². The van der Waals surface area contributed by atoms with E-state index in [2.05, 4.69) is 4.90 Å². The molecule has 3 rings (SSSR count). The summed E-state index contributed by atoms with van der Waals surface area (Å²) in [5.41, 5.74) is 0.842. The van der Waals surface area contributed by atoms with Crippen molar-refractivity contribution in [3.8, 4) is 0 Å². The molecule has 0 bridgehead atoms. The standard InChI is InChI=1S/C17H24N2O2S/c1-22-16-5-3-2-4-15(16)17(20)19-10-8-18(9-11-19)14-6-12-21-13-7-14/h2-5,14H,6-13H2,1H3. The smallest absolute Gasteiger partial charge is 0.255 e. The molecule has 1 aromatic rings. The molecule has 22 heavy (non-hydrogen) atoms. The van der Waals surface area contributed by atoms with Gasteiger partial charge in [0.2, 0.25) is 0 Å². The van der Waals surface area contributed by atoms with Gasteiger partial charge in [-0.25, -0.2) is 0 Å². The third-order valence-electron chi connectivity index (χ3n) is 4.65. The number of thioether (sulfide) groups is 1. The van der Waals surface area contributed by atoms with Crippen LogP contribution >= 0.6 is 11.8 Å². The van der Waals surface area contributed by atoms with Gasteiger partial charge in [-0.05, 0) is 31.2 Å². The highest BCUT2D eigenvalue weighted by atomic mass is 32.2. The van der Waals surface area contributed by atoms with Crippen molar-refractivity contribution in [2.75, 3.05) is 45.6 Å². The Labute approximate surface area is 136 Å². The fourth-order valence-corrected chi connectivity index (χ4v) is 3.92. The van der Waals surface area contributed by atoms with Crippen molar-refractivity contribution in [1.82, 2.24) is 9.80 Å². The van der Waals surface area contributed by atoms with Gasteiger partial charge in [0.05, 0.1) is 5.56 Å². The Bertz CT molecular complexity index is 509. The highest BCUT2D eigenvalue weighted by molar-refractivity contribution is 7.98. The summed E-state index contributed by atoms with van der Waals surface area (Å²) in [6.45, 7) is 5.39. The van der Waals surface area contributed by atoms with Crippen LogP contribution in [0.25, 0.3) is 0 Å². The van der Waals surface area contributed by atoms with Crippen LogP contribution in [0.4, 0.5) is 0 Å². The third kappa shape index (κ3) is 3.47. The second kappa shape index (κ2) is 7.49. The molecule has 0 aromatic heterocycles. The molecule has 0 aliphatic carbocycles. The summed E-state index contributed by atoms with van der Waals surface area (Å²) < 4.78 is 5.44. The van der Waals surface area contributed by atoms with E-state index >= 15 is 0 Å². The Balaban J connectivity index is 1.59. The number of hydrogen-bond acceptors (Lipinski definition) is 4. The number of benzene rings is 1. The van der Waals surface area contributed by atoms with E-state index in [1.165, 1.54) is 0 Å². The minimum absolute atomic E-state index is 0.177. The van der Waals surface area contributed by atoms with Crippen LogP contribution in [-0.2, 0) is 4.74 Å². The topological polar surface area (TPSA) is 32.8 Å². The van der Waals surface area contributed by atoms with Gasteiger partial charge in [-0.15, -0.1) is 11.8 Å². The van der Waals surface area contributed by atoms with Crippen molar-refractivity contribution in [2.45, 2.75) is 23.8 Å². The van der Waals surface area contributed by atoms with Gasteiger partial charge in [0.25, 0.3) is 5.91 Å². The van der Waals surface area contributed by atoms with Gasteiger partial charge in [0.1, 0.15) is 0 Å². The zero-order valence-electron chi connectivity index (χ0n) is 13.2. The lowest BCUT2D eigenvalue weighted by Gasteiger charge is -2.40. The summed E-state index contributed by atoms with van der Waals surface area (Å²) in [4.78, 5) is 18.3. The van der Waals surface area contributed by atoms with Crippen LogP contribution < -0.4 is 0 Å². The molecule has 0 radical (unpaired) electrons. The number of nitrogens with zero attached hydrogens (tertiary/aromatic N) is 2. The molecule has 2 aliphatic rings. The van der Waals surface area contributed by atoms with Gasteiger partial charge >= 0.3 is 0 Å². The number of hydrogen-bond donors (Lipinski definition) is 0. The molecule has 1 aromatic carbocycles. The summed E-state index contributed by atoms with van der Waals surface area (Å²) in [5.74, 6) is 0.177. The average Bonchev–Trinajstić information content (AvgIpc) is 2.62. The van der Waals surface area contributed by atoms with E-state index in [0.29, 0.717) is 6.04 Å². The molecule has 0 spiro atoms. The fourth-order valence-electron chi connectivity index (χ4n) is 3.33. The predicted octanol–water partition coefficient (Wildman–Crippen LogP) is 2.35. The van der Waals surface area contributed by atoms with Gasteiger partial charge < -0.3 is 9.64 Å². The highest BCUT2D eigenvalue weighted by Crippen LogP contribution is 2.23. The van der Waals surface area contributed by atoms with Crippen molar-refractivity contribution in [1.29, 1.82) is 0 Å². The quantitative estimate of drug-likeness (QED) is 0.801. The molecular weight excluding hydrogens is 296 g/mol. The maximum absolute atomic E-state index is 12.7. The molecule has 0 N–H and O–H groups in total. The molecule has 2 aliphatic heterocycles. The summed E-state index contributed by atoms with van der Waals surface area (Å²) in [6, 6.07) is 8.55. The van der Waals surface area contributed by atoms with Gasteiger partial charge in [0, 0.05) is 50.3 Å². The SMILES string of the molecule is CSc1ccccc1C(=O)N1CCN(C2CCOCC2)CC1. The number of piperazine rings is 1. The van der Waals surface area contributed by atoms with Gasteiger partial charge in [-0.3, -0.25) is 9.69 Å². The van der Waals surface area contributed by atoms with E-state index in [0.717, 1.165) is 62.7 Å². The first-order valence-corrected chi connectivity index (χ1v) is 9.26. The zero-order chi connectivity index (χ0) is 15.4. The molecule has 2 heterocycles. The van der Waals surface area contributed by atoms with Crippen LogP contribution in [0.5, 0.6) is 0 Å². The maximum Gasteiger partial charge on any atom is 0.255 e. The van der Waals surface area contributed by atoms with Gasteiger partial charge in [-0.1, -0.05) is 12.1 Å². The van der Waals surface area contributed by atoms with Gasteiger partial charge in [-0.2, -0.15) is 0 Å². The van der Waals surface area contributed by atoms with E-state index < -0.39 is 0 Å². The highest BCUT2D eigenvalue weighted by Gasteiger charge is 2.28. The summed E-state index contributed by atoms with van der Waals surface area (Å²) in [7, 11) is 0. The molecular formula is C17H24N2O2S. The number of amides is 1. The molecule has 5 heteroatoms. The molecule has 0 saturated carbocycles. The Morgan fingerprint density at radius 1 is 1.14 bits per heavy atom. The second-order valence-corrected chi connectivity index (χ2v) is 6.72. The number of carbonyl (C=O) groups is 1. The lowest BCUT2D eigenvalue weighted by Crippen LogP contribution is -2.53. The Kier molecular flexibility index (Phi) is 5.39. The molecule has 2 saturated heterocycles. The van der Waals surface area contributed by atoms with Crippen LogP contribution in [0.2, 0.25) is 0 Å². The van der Waals surface area contributed by atoms with Crippen LogP contribution in [0, 0.1) is 0 Å². The largest absolute Gasteiger partial charge is 0.381 e. The molecule has 120 valence electrons. The van der Waals surface area contributed by atoms with E-state index in [9.17, 15) is 4.79 Å². The summed E-state index contributed by atoms with van der Waals surface area (Å²) >= 11 is 1.64. The lowest BCUT2D eigenvalue weighted by atomic mass is 10.1. The predicted molar refractivity (Wildman–Crippen MR) is 89.5 cm³/mol. The zero-order valence-corrected chi connectivity index (χ0v) is 14.0. The van der Waals surface area contributed by atoms with E-state index in [1.807, 2.05) is 35.4 Å². The Hall–Kier alpha value is -1.04. The maximum atomic E-state index is 12.7. The summed E-state index contributed by atoms with van der Waals surface area (Å²) in [5, 5.41) is 0. The molecule has 1 amide bonds. The molecule has 2 fully saturated rings. The van der Waals surface area contributed by atoms with Crippen molar-refractivity contribution >= 4 is 17.7 Å². The number of ether oxygens (including phenoxy) is 1. The third-order valence-corrected chi connectivity index (χ3v) is 5.44. The number of rotatable bonds is 3. The van der Waals surface area contributed by atoms with E-state index in [1.54, 1.807) is 11.8 Å². The van der Waals surface area contributed by atoms with Crippen LogP contribution in [-0.4, -0.2) is 67.4 Å². The van der Waals surface area contributed by atoms with Crippen LogP contribution in [0.3, 0.4) is 0 Å². The minimum Gasteiger partial charge on any atom is -0.381 e. The van der Waals surface area contributed by atoms with E-state index in [-0.39, 0.29) is 5.91 Å². The van der Waals surface area contributed by atoms with Crippen molar-refractivity contribution in [3.63, 3.8) is 0 Å². The summed E-state index contributed by atoms with van der Waals surface area (Å²) in [6.07, 6.45) is 4.28. The first kappa shape index (κ1) is 15.8.